The first kappa shape index (κ1) is 15.8. The van der Waals surface area contributed by atoms with Crippen molar-refractivity contribution in [3.8, 4) is 0 Å². The molecular weight excluding hydrogens is 239 g/mol. The minimum absolute atomic E-state index is 0.163. The fraction of sp³-hybridized carbons (Fsp3) is 0.625. The highest BCUT2D eigenvalue weighted by molar-refractivity contribution is 5.56. The van der Waals surface area contributed by atoms with Crippen LogP contribution < -0.4 is 10.2 Å². The Morgan fingerprint density at radius 2 is 1.95 bits per heavy atom. The van der Waals surface area contributed by atoms with Gasteiger partial charge in [-0.05, 0) is 44.4 Å². The SMILES string of the molecule is CCCC(C)CNc1ccc(N(C)C(C)C)c(F)c1. The first-order chi connectivity index (χ1) is 8.95. The maximum absolute atomic E-state index is 14.1. The number of benzene rings is 1. The molecule has 3 heteroatoms. The summed E-state index contributed by atoms with van der Waals surface area (Å²) in [6.07, 6.45) is 2.39. The molecule has 0 aliphatic carbocycles. The number of anilines is 2. The van der Waals surface area contributed by atoms with E-state index < -0.39 is 0 Å². The van der Waals surface area contributed by atoms with Crippen LogP contribution >= 0.6 is 0 Å². The smallest absolute Gasteiger partial charge is 0.148 e. The van der Waals surface area contributed by atoms with Crippen molar-refractivity contribution in [2.75, 3.05) is 23.8 Å². The molecule has 1 rings (SSSR count). The van der Waals surface area contributed by atoms with Crippen LogP contribution in [0.1, 0.15) is 40.5 Å². The molecule has 0 fully saturated rings. The van der Waals surface area contributed by atoms with E-state index >= 15 is 0 Å². The van der Waals surface area contributed by atoms with Gasteiger partial charge in [-0.3, -0.25) is 0 Å². The van der Waals surface area contributed by atoms with Crippen LogP contribution in [-0.2, 0) is 0 Å². The Kier molecular flexibility index (Phi) is 6.13. The molecule has 0 aliphatic heterocycles. The van der Waals surface area contributed by atoms with E-state index in [-0.39, 0.29) is 11.9 Å². The van der Waals surface area contributed by atoms with Gasteiger partial charge in [0.15, 0.2) is 0 Å². The van der Waals surface area contributed by atoms with Crippen LogP contribution in [0.2, 0.25) is 0 Å². The molecule has 0 radical (unpaired) electrons. The quantitative estimate of drug-likeness (QED) is 0.780. The van der Waals surface area contributed by atoms with Crippen LogP contribution in [-0.4, -0.2) is 19.6 Å². The number of nitrogens with zero attached hydrogens (tertiary/aromatic N) is 1. The Morgan fingerprint density at radius 1 is 1.26 bits per heavy atom. The predicted octanol–water partition coefficient (Wildman–Crippen LogP) is 4.52. The van der Waals surface area contributed by atoms with Gasteiger partial charge in [0.05, 0.1) is 5.69 Å². The summed E-state index contributed by atoms with van der Waals surface area (Å²) in [5.74, 6) is 0.454. The van der Waals surface area contributed by atoms with E-state index in [1.807, 2.05) is 24.1 Å². The van der Waals surface area contributed by atoms with Gasteiger partial charge in [0.1, 0.15) is 5.82 Å². The Morgan fingerprint density at radius 3 is 2.47 bits per heavy atom. The van der Waals surface area contributed by atoms with E-state index in [1.165, 1.54) is 12.8 Å². The second-order valence-electron chi connectivity index (χ2n) is 5.65. The molecule has 0 spiro atoms. The van der Waals surface area contributed by atoms with Crippen molar-refractivity contribution in [2.24, 2.45) is 5.92 Å². The Bertz CT molecular complexity index is 390. The molecule has 108 valence electrons. The summed E-state index contributed by atoms with van der Waals surface area (Å²) in [5, 5.41) is 3.31. The van der Waals surface area contributed by atoms with Crippen LogP contribution in [0, 0.1) is 11.7 Å². The summed E-state index contributed by atoms with van der Waals surface area (Å²) in [5.41, 5.74) is 1.52. The molecule has 0 saturated heterocycles. The minimum Gasteiger partial charge on any atom is -0.385 e. The molecule has 1 unspecified atom stereocenters. The highest BCUT2D eigenvalue weighted by Gasteiger charge is 2.11. The summed E-state index contributed by atoms with van der Waals surface area (Å²) in [7, 11) is 1.92. The summed E-state index contributed by atoms with van der Waals surface area (Å²) >= 11 is 0. The standard InChI is InChI=1S/C16H27FN2/c1-6-7-13(4)11-18-14-8-9-16(15(17)10-14)19(5)12(2)3/h8-10,12-13,18H,6-7,11H2,1-5H3. The lowest BCUT2D eigenvalue weighted by atomic mass is 10.1. The Hall–Kier alpha value is -1.25. The number of rotatable bonds is 7. The summed E-state index contributed by atoms with van der Waals surface area (Å²) in [6, 6.07) is 5.68. The Balaban J connectivity index is 2.66. The van der Waals surface area contributed by atoms with Gasteiger partial charge < -0.3 is 10.2 Å². The predicted molar refractivity (Wildman–Crippen MR) is 82.5 cm³/mol. The molecule has 19 heavy (non-hydrogen) atoms. The lowest BCUT2D eigenvalue weighted by Gasteiger charge is -2.24. The average molecular weight is 266 g/mol. The molecule has 2 nitrogen and oxygen atoms in total. The van der Waals surface area contributed by atoms with Gasteiger partial charge in [-0.2, -0.15) is 0 Å². The zero-order chi connectivity index (χ0) is 14.4. The fourth-order valence-corrected chi connectivity index (χ4v) is 2.07. The molecule has 0 aliphatic rings. The second kappa shape index (κ2) is 7.37. The van der Waals surface area contributed by atoms with E-state index in [0.29, 0.717) is 11.6 Å². The van der Waals surface area contributed by atoms with Crippen molar-refractivity contribution in [1.82, 2.24) is 0 Å². The van der Waals surface area contributed by atoms with Gasteiger partial charge in [0.2, 0.25) is 0 Å². The van der Waals surface area contributed by atoms with Gasteiger partial charge in [-0.1, -0.05) is 20.3 Å². The number of nitrogens with one attached hydrogen (secondary N) is 1. The fourth-order valence-electron chi connectivity index (χ4n) is 2.07. The van der Waals surface area contributed by atoms with Crippen molar-refractivity contribution < 1.29 is 4.39 Å². The largest absolute Gasteiger partial charge is 0.385 e. The normalized spacial score (nSPS) is 12.6. The molecule has 1 aromatic rings. The topological polar surface area (TPSA) is 15.3 Å². The maximum atomic E-state index is 14.1. The van der Waals surface area contributed by atoms with Crippen molar-refractivity contribution in [2.45, 2.75) is 46.6 Å². The third kappa shape index (κ3) is 4.73. The molecule has 0 aromatic heterocycles. The van der Waals surface area contributed by atoms with Crippen molar-refractivity contribution in [3.05, 3.63) is 24.0 Å². The molecule has 1 aromatic carbocycles. The monoisotopic (exact) mass is 266 g/mol. The summed E-state index contributed by atoms with van der Waals surface area (Å²) in [4.78, 5) is 1.94. The van der Waals surface area contributed by atoms with E-state index in [2.05, 4.69) is 33.0 Å². The molecule has 0 saturated carbocycles. The first-order valence-corrected chi connectivity index (χ1v) is 7.22. The minimum atomic E-state index is -0.163. The van der Waals surface area contributed by atoms with E-state index in [0.717, 1.165) is 12.2 Å². The highest BCUT2D eigenvalue weighted by atomic mass is 19.1. The van der Waals surface area contributed by atoms with Crippen LogP contribution in [0.15, 0.2) is 18.2 Å². The lowest BCUT2D eigenvalue weighted by molar-refractivity contribution is 0.550. The van der Waals surface area contributed by atoms with Gasteiger partial charge in [0.25, 0.3) is 0 Å². The average Bonchev–Trinajstić information content (AvgIpc) is 2.36. The zero-order valence-electron chi connectivity index (χ0n) is 12.8. The summed E-state index contributed by atoms with van der Waals surface area (Å²) < 4.78 is 14.1. The molecule has 1 N–H and O–H groups in total. The highest BCUT2D eigenvalue weighted by Crippen LogP contribution is 2.23. The Labute approximate surface area is 117 Å². The van der Waals surface area contributed by atoms with Crippen LogP contribution in [0.3, 0.4) is 0 Å². The molecule has 0 heterocycles. The van der Waals surface area contributed by atoms with Gasteiger partial charge >= 0.3 is 0 Å². The van der Waals surface area contributed by atoms with Crippen LogP contribution in [0.5, 0.6) is 0 Å². The third-order valence-electron chi connectivity index (χ3n) is 3.54. The van der Waals surface area contributed by atoms with Crippen LogP contribution in [0.25, 0.3) is 0 Å². The molecule has 0 amide bonds. The van der Waals surface area contributed by atoms with Crippen LogP contribution in [0.4, 0.5) is 15.8 Å². The van der Waals surface area contributed by atoms with Crippen molar-refractivity contribution >= 4 is 11.4 Å². The van der Waals surface area contributed by atoms with Crippen molar-refractivity contribution in [3.63, 3.8) is 0 Å². The van der Waals surface area contributed by atoms with E-state index in [9.17, 15) is 4.39 Å². The number of hydrogen-bond donors (Lipinski definition) is 1. The van der Waals surface area contributed by atoms with Crippen molar-refractivity contribution in [1.29, 1.82) is 0 Å². The van der Waals surface area contributed by atoms with Gasteiger partial charge in [0, 0.05) is 25.3 Å². The van der Waals surface area contributed by atoms with Gasteiger partial charge in [-0.15, -0.1) is 0 Å². The third-order valence-corrected chi connectivity index (χ3v) is 3.54. The van der Waals surface area contributed by atoms with E-state index in [4.69, 9.17) is 0 Å². The molecular formula is C16H27FN2. The number of hydrogen-bond acceptors (Lipinski definition) is 2. The molecule has 1 atom stereocenters. The number of halogens is 1. The summed E-state index contributed by atoms with van der Waals surface area (Å²) in [6.45, 7) is 9.41. The first-order valence-electron chi connectivity index (χ1n) is 7.22. The van der Waals surface area contributed by atoms with Gasteiger partial charge in [-0.25, -0.2) is 4.39 Å². The zero-order valence-corrected chi connectivity index (χ0v) is 12.8. The van der Waals surface area contributed by atoms with E-state index in [1.54, 1.807) is 6.07 Å². The maximum Gasteiger partial charge on any atom is 0.148 e. The lowest BCUT2D eigenvalue weighted by Crippen LogP contribution is -2.26. The molecule has 0 bridgehead atoms. The second-order valence-corrected chi connectivity index (χ2v) is 5.65.